The Morgan fingerprint density at radius 1 is 1.45 bits per heavy atom. The summed E-state index contributed by atoms with van der Waals surface area (Å²) >= 11 is 0. The number of nitrogens with zero attached hydrogens (tertiary/aromatic N) is 1. The van der Waals surface area contributed by atoms with Crippen molar-refractivity contribution in [3.8, 4) is 0 Å². The molecule has 1 fully saturated rings. The molecule has 2 N–H and O–H groups in total. The highest BCUT2D eigenvalue weighted by molar-refractivity contribution is 5.97. The van der Waals surface area contributed by atoms with Gasteiger partial charge in [0.1, 0.15) is 5.82 Å². The van der Waals surface area contributed by atoms with Crippen molar-refractivity contribution in [3.63, 3.8) is 0 Å². The summed E-state index contributed by atoms with van der Waals surface area (Å²) in [6, 6.07) is 9.36. The van der Waals surface area contributed by atoms with Crippen LogP contribution in [0.25, 0.3) is 10.8 Å². The molecule has 0 bridgehead atoms. The van der Waals surface area contributed by atoms with Crippen molar-refractivity contribution in [1.82, 2.24) is 4.98 Å². The lowest BCUT2D eigenvalue weighted by molar-refractivity contribution is 0.0691. The molecule has 3 rings (SSSR count). The molecule has 1 atom stereocenters. The van der Waals surface area contributed by atoms with Gasteiger partial charge in [-0.2, -0.15) is 0 Å². The van der Waals surface area contributed by atoms with Crippen LogP contribution in [-0.2, 0) is 0 Å². The van der Waals surface area contributed by atoms with Crippen LogP contribution in [0.1, 0.15) is 30.3 Å². The zero-order valence-electron chi connectivity index (χ0n) is 11.5. The number of nitrogens with one attached hydrogen (secondary N) is 1. The second-order valence-electron chi connectivity index (χ2n) is 5.58. The molecule has 0 saturated heterocycles. The molecule has 0 aliphatic heterocycles. The van der Waals surface area contributed by atoms with E-state index in [1.807, 2.05) is 24.3 Å². The van der Waals surface area contributed by atoms with Crippen molar-refractivity contribution in [3.05, 3.63) is 36.0 Å². The van der Waals surface area contributed by atoms with Gasteiger partial charge in [0.2, 0.25) is 0 Å². The number of aromatic nitrogens is 1. The monoisotopic (exact) mass is 270 g/mol. The van der Waals surface area contributed by atoms with Gasteiger partial charge >= 0.3 is 5.97 Å². The van der Waals surface area contributed by atoms with Gasteiger partial charge in [0, 0.05) is 11.9 Å². The summed E-state index contributed by atoms with van der Waals surface area (Å²) < 4.78 is 0. The van der Waals surface area contributed by atoms with Gasteiger partial charge in [-0.3, -0.25) is 0 Å². The standard InChI is InChI=1S/C16H18N2O2/c1-10(11-6-7-11)9-17-15-13-5-3-2-4-12(13)8-14(18-15)16(19)20/h2-5,8,10-11H,6-7,9H2,1H3,(H,17,18)(H,19,20). The number of pyridine rings is 1. The number of carbonyl (C=O) groups is 1. The first-order chi connectivity index (χ1) is 9.65. The molecule has 0 amide bonds. The van der Waals surface area contributed by atoms with Crippen molar-refractivity contribution in [2.45, 2.75) is 19.8 Å². The van der Waals surface area contributed by atoms with Crippen molar-refractivity contribution in [2.75, 3.05) is 11.9 Å². The first-order valence-electron chi connectivity index (χ1n) is 7.02. The van der Waals surface area contributed by atoms with Gasteiger partial charge in [-0.05, 0) is 36.1 Å². The van der Waals surface area contributed by atoms with Crippen LogP contribution in [0.3, 0.4) is 0 Å². The van der Waals surface area contributed by atoms with E-state index in [0.29, 0.717) is 11.7 Å². The molecule has 104 valence electrons. The molecule has 0 spiro atoms. The number of rotatable bonds is 5. The molecule has 1 aliphatic carbocycles. The van der Waals surface area contributed by atoms with Crippen LogP contribution in [0.4, 0.5) is 5.82 Å². The smallest absolute Gasteiger partial charge is 0.354 e. The summed E-state index contributed by atoms with van der Waals surface area (Å²) in [7, 11) is 0. The number of carboxylic acid groups (broad SMARTS) is 1. The third kappa shape index (κ3) is 2.59. The zero-order valence-corrected chi connectivity index (χ0v) is 11.5. The normalized spacial score (nSPS) is 16.1. The molecule has 1 aromatic heterocycles. The summed E-state index contributed by atoms with van der Waals surface area (Å²) in [5, 5.41) is 14.4. The zero-order chi connectivity index (χ0) is 14.1. The highest BCUT2D eigenvalue weighted by atomic mass is 16.4. The number of fused-ring (bicyclic) bond motifs is 1. The fourth-order valence-electron chi connectivity index (χ4n) is 2.53. The minimum absolute atomic E-state index is 0.0882. The van der Waals surface area contributed by atoms with Crippen molar-refractivity contribution in [1.29, 1.82) is 0 Å². The summed E-state index contributed by atoms with van der Waals surface area (Å²) in [6.45, 7) is 3.07. The quantitative estimate of drug-likeness (QED) is 0.874. The first kappa shape index (κ1) is 12.9. The van der Waals surface area contributed by atoms with Crippen LogP contribution in [0.2, 0.25) is 0 Å². The van der Waals surface area contributed by atoms with Gasteiger partial charge in [0.05, 0.1) is 0 Å². The van der Waals surface area contributed by atoms with Crippen molar-refractivity contribution in [2.24, 2.45) is 11.8 Å². The minimum Gasteiger partial charge on any atom is -0.477 e. The summed E-state index contributed by atoms with van der Waals surface area (Å²) in [5.41, 5.74) is 0.0882. The highest BCUT2D eigenvalue weighted by Gasteiger charge is 2.27. The van der Waals surface area contributed by atoms with Gasteiger partial charge in [0.15, 0.2) is 5.69 Å². The number of hydrogen-bond acceptors (Lipinski definition) is 3. The lowest BCUT2D eigenvalue weighted by atomic mass is 10.1. The Balaban J connectivity index is 1.92. The fourth-order valence-corrected chi connectivity index (χ4v) is 2.53. The molecule has 20 heavy (non-hydrogen) atoms. The van der Waals surface area contributed by atoms with E-state index in [0.717, 1.165) is 23.2 Å². The van der Waals surface area contributed by atoms with Gasteiger partial charge in [-0.25, -0.2) is 9.78 Å². The SMILES string of the molecule is CC(CNc1nc(C(=O)O)cc2ccccc12)C1CC1. The molecular weight excluding hydrogens is 252 g/mol. The largest absolute Gasteiger partial charge is 0.477 e. The van der Waals surface area contributed by atoms with Gasteiger partial charge < -0.3 is 10.4 Å². The predicted octanol–water partition coefficient (Wildman–Crippen LogP) is 3.39. The van der Waals surface area contributed by atoms with Gasteiger partial charge in [-0.1, -0.05) is 31.2 Å². The molecule has 1 unspecified atom stereocenters. The topological polar surface area (TPSA) is 62.2 Å². The summed E-state index contributed by atoms with van der Waals surface area (Å²) in [4.78, 5) is 15.4. The van der Waals surface area contributed by atoms with E-state index in [-0.39, 0.29) is 5.69 Å². The maximum atomic E-state index is 11.2. The van der Waals surface area contributed by atoms with E-state index in [2.05, 4.69) is 17.2 Å². The number of benzene rings is 1. The van der Waals surface area contributed by atoms with Crippen LogP contribution < -0.4 is 5.32 Å². The van der Waals surface area contributed by atoms with Crippen LogP contribution in [0.15, 0.2) is 30.3 Å². The Kier molecular flexibility index (Phi) is 3.30. The average molecular weight is 270 g/mol. The predicted molar refractivity (Wildman–Crippen MR) is 79.1 cm³/mol. The van der Waals surface area contributed by atoms with Crippen LogP contribution in [-0.4, -0.2) is 22.6 Å². The van der Waals surface area contributed by atoms with Crippen LogP contribution in [0.5, 0.6) is 0 Å². The van der Waals surface area contributed by atoms with Crippen molar-refractivity contribution >= 4 is 22.6 Å². The Morgan fingerprint density at radius 3 is 2.90 bits per heavy atom. The first-order valence-corrected chi connectivity index (χ1v) is 7.02. The van der Waals surface area contributed by atoms with E-state index >= 15 is 0 Å². The summed E-state index contributed by atoms with van der Waals surface area (Å²) in [6.07, 6.45) is 2.62. The molecular formula is C16H18N2O2. The number of aromatic carboxylic acids is 1. The minimum atomic E-state index is -0.992. The van der Waals surface area contributed by atoms with Crippen LogP contribution >= 0.6 is 0 Å². The fraction of sp³-hybridized carbons (Fsp3) is 0.375. The van der Waals surface area contributed by atoms with E-state index in [4.69, 9.17) is 5.11 Å². The van der Waals surface area contributed by atoms with Crippen LogP contribution in [0, 0.1) is 11.8 Å². The van der Waals surface area contributed by atoms with Crippen molar-refractivity contribution < 1.29 is 9.90 Å². The highest BCUT2D eigenvalue weighted by Crippen LogP contribution is 2.36. The molecule has 1 aliphatic rings. The van der Waals surface area contributed by atoms with Gasteiger partial charge in [0.25, 0.3) is 0 Å². The Hall–Kier alpha value is -2.10. The number of anilines is 1. The van der Waals surface area contributed by atoms with Gasteiger partial charge in [-0.15, -0.1) is 0 Å². The average Bonchev–Trinajstić information content (AvgIpc) is 3.28. The second-order valence-corrected chi connectivity index (χ2v) is 5.58. The number of hydrogen-bond donors (Lipinski definition) is 2. The molecule has 1 heterocycles. The Bertz CT molecular complexity index is 650. The maximum Gasteiger partial charge on any atom is 0.354 e. The van der Waals surface area contributed by atoms with E-state index < -0.39 is 5.97 Å². The molecule has 1 saturated carbocycles. The van der Waals surface area contributed by atoms with E-state index in [9.17, 15) is 4.79 Å². The maximum absolute atomic E-state index is 11.2. The lowest BCUT2D eigenvalue weighted by Crippen LogP contribution is -2.15. The Labute approximate surface area is 117 Å². The third-order valence-corrected chi connectivity index (χ3v) is 3.98. The molecule has 4 nitrogen and oxygen atoms in total. The van der Waals surface area contributed by atoms with E-state index in [1.54, 1.807) is 6.07 Å². The van der Waals surface area contributed by atoms with E-state index in [1.165, 1.54) is 12.8 Å². The molecule has 4 heteroatoms. The number of carboxylic acids is 1. The summed E-state index contributed by atoms with van der Waals surface area (Å²) in [5.74, 6) is 1.10. The lowest BCUT2D eigenvalue weighted by Gasteiger charge is -2.14. The second kappa shape index (κ2) is 5.12. The molecule has 0 radical (unpaired) electrons. The molecule has 2 aromatic rings. The molecule has 1 aromatic carbocycles. The third-order valence-electron chi connectivity index (χ3n) is 3.98. The Morgan fingerprint density at radius 2 is 2.20 bits per heavy atom.